The zero-order valence-electron chi connectivity index (χ0n) is 17.2. The number of amides is 1. The van der Waals surface area contributed by atoms with Gasteiger partial charge < -0.3 is 10.1 Å². The summed E-state index contributed by atoms with van der Waals surface area (Å²) in [5, 5.41) is 3.91. The molecule has 1 N–H and O–H groups in total. The van der Waals surface area contributed by atoms with Gasteiger partial charge in [0, 0.05) is 24.0 Å². The first-order valence-electron chi connectivity index (χ1n) is 10.6. The van der Waals surface area contributed by atoms with Gasteiger partial charge in [-0.2, -0.15) is 0 Å². The summed E-state index contributed by atoms with van der Waals surface area (Å²) in [6, 6.07) is 16.2. The molecule has 1 aliphatic rings. The summed E-state index contributed by atoms with van der Waals surface area (Å²) >= 11 is 6.07. The van der Waals surface area contributed by atoms with Crippen molar-refractivity contribution in [3.05, 3.63) is 64.7 Å². The molecule has 156 valence electrons. The van der Waals surface area contributed by atoms with E-state index >= 15 is 0 Å². The van der Waals surface area contributed by atoms with E-state index in [0.29, 0.717) is 13.2 Å². The number of carbonyl (C=O) groups is 1. The highest BCUT2D eigenvalue weighted by molar-refractivity contribution is 6.30. The second kappa shape index (κ2) is 11.2. The molecule has 5 heteroatoms. The third kappa shape index (κ3) is 6.76. The lowest BCUT2D eigenvalue weighted by Crippen LogP contribution is -2.40. The molecule has 4 nitrogen and oxygen atoms in total. The van der Waals surface area contributed by atoms with Gasteiger partial charge in [0.25, 0.3) is 0 Å². The maximum Gasteiger partial charge on any atom is 0.223 e. The zero-order chi connectivity index (χ0) is 20.5. The van der Waals surface area contributed by atoms with E-state index in [-0.39, 0.29) is 11.8 Å². The monoisotopic (exact) mass is 414 g/mol. The van der Waals surface area contributed by atoms with E-state index in [9.17, 15) is 4.79 Å². The molecule has 1 fully saturated rings. The van der Waals surface area contributed by atoms with Gasteiger partial charge in [-0.3, -0.25) is 9.69 Å². The molecule has 0 spiro atoms. The molecule has 3 rings (SSSR count). The summed E-state index contributed by atoms with van der Waals surface area (Å²) in [5.41, 5.74) is 2.44. The van der Waals surface area contributed by atoms with Gasteiger partial charge in [0.05, 0.1) is 6.61 Å². The quantitative estimate of drug-likeness (QED) is 0.604. The number of carbonyl (C=O) groups excluding carboxylic acids is 1. The van der Waals surface area contributed by atoms with Crippen molar-refractivity contribution >= 4 is 17.5 Å². The fourth-order valence-electron chi connectivity index (χ4n) is 3.89. The van der Waals surface area contributed by atoms with Crippen LogP contribution in [-0.4, -0.2) is 37.0 Å². The van der Waals surface area contributed by atoms with E-state index in [0.717, 1.165) is 56.1 Å². The lowest BCUT2D eigenvalue weighted by molar-refractivity contribution is -0.126. The molecule has 1 heterocycles. The Kier molecular flexibility index (Phi) is 8.38. The minimum absolute atomic E-state index is 0.126. The Hall–Kier alpha value is -2.04. The average Bonchev–Trinajstić information content (AvgIpc) is 2.73. The fourth-order valence-corrected chi connectivity index (χ4v) is 4.10. The van der Waals surface area contributed by atoms with Gasteiger partial charge >= 0.3 is 0 Å². The van der Waals surface area contributed by atoms with Gasteiger partial charge in [-0.25, -0.2) is 0 Å². The third-order valence-electron chi connectivity index (χ3n) is 5.45. The number of ether oxygens (including phenoxy) is 1. The Morgan fingerprint density at radius 1 is 1.17 bits per heavy atom. The number of likely N-dealkylation sites (tertiary alicyclic amines) is 1. The number of para-hydroxylation sites is 1. The summed E-state index contributed by atoms with van der Waals surface area (Å²) < 4.78 is 5.67. The molecule has 29 heavy (non-hydrogen) atoms. The summed E-state index contributed by atoms with van der Waals surface area (Å²) in [5.74, 6) is 1.28. The number of rotatable bonds is 9. The second-order valence-corrected chi connectivity index (χ2v) is 8.05. The Labute approximate surface area is 179 Å². The normalized spacial score (nSPS) is 15.2. The topological polar surface area (TPSA) is 41.6 Å². The second-order valence-electron chi connectivity index (χ2n) is 7.62. The molecule has 0 aliphatic carbocycles. The number of nitrogens with zero attached hydrogens (tertiary/aromatic N) is 1. The number of nitrogens with one attached hydrogen (secondary N) is 1. The lowest BCUT2D eigenvalue weighted by atomic mass is 9.95. The van der Waals surface area contributed by atoms with Crippen LogP contribution in [0, 0.1) is 5.92 Å². The van der Waals surface area contributed by atoms with E-state index < -0.39 is 0 Å². The Bertz CT molecular complexity index is 788. The van der Waals surface area contributed by atoms with Gasteiger partial charge in [-0.05, 0) is 75.0 Å². The summed E-state index contributed by atoms with van der Waals surface area (Å²) in [6.07, 6.45) is 3.66. The first kappa shape index (κ1) is 21.7. The molecule has 0 atom stereocenters. The predicted octanol–water partition coefficient (Wildman–Crippen LogP) is 4.70. The van der Waals surface area contributed by atoms with Crippen LogP contribution >= 0.6 is 11.6 Å². The molecular formula is C24H31ClN2O2. The summed E-state index contributed by atoms with van der Waals surface area (Å²) in [7, 11) is 0. The minimum atomic E-state index is 0.126. The van der Waals surface area contributed by atoms with Crippen LogP contribution in [0.25, 0.3) is 0 Å². The van der Waals surface area contributed by atoms with Gasteiger partial charge in [0.15, 0.2) is 0 Å². The van der Waals surface area contributed by atoms with E-state index in [1.54, 1.807) is 0 Å². The molecule has 2 aromatic carbocycles. The van der Waals surface area contributed by atoms with Crippen molar-refractivity contribution in [1.82, 2.24) is 10.2 Å². The molecule has 0 saturated carbocycles. The molecular weight excluding hydrogens is 384 g/mol. The van der Waals surface area contributed by atoms with Crippen molar-refractivity contribution in [2.75, 3.05) is 26.2 Å². The average molecular weight is 415 g/mol. The molecule has 0 radical (unpaired) electrons. The van der Waals surface area contributed by atoms with Gasteiger partial charge in [0.1, 0.15) is 5.75 Å². The number of halogens is 1. The number of aryl methyl sites for hydroxylation is 1. The minimum Gasteiger partial charge on any atom is -0.494 e. The molecule has 0 unspecified atom stereocenters. The standard InChI is InChI=1S/C24H31ClN2O2/c1-2-29-23-11-4-3-8-20(23)9-6-14-26-24(28)21-12-15-27(16-13-21)18-19-7-5-10-22(25)17-19/h3-5,7-8,10-11,17,21H,2,6,9,12-16,18H2,1H3,(H,26,28). The maximum atomic E-state index is 12.5. The van der Waals surface area contributed by atoms with E-state index in [2.05, 4.69) is 22.3 Å². The SMILES string of the molecule is CCOc1ccccc1CCCNC(=O)C1CCN(Cc2cccc(Cl)c2)CC1. The number of hydrogen-bond donors (Lipinski definition) is 1. The Morgan fingerprint density at radius 2 is 1.97 bits per heavy atom. The summed E-state index contributed by atoms with van der Waals surface area (Å²) in [6.45, 7) is 6.18. The van der Waals surface area contributed by atoms with Gasteiger partial charge in [-0.15, -0.1) is 0 Å². The number of piperidine rings is 1. The lowest BCUT2D eigenvalue weighted by Gasteiger charge is -2.31. The number of benzene rings is 2. The molecule has 0 bridgehead atoms. The first-order valence-corrected chi connectivity index (χ1v) is 11.0. The van der Waals surface area contributed by atoms with Gasteiger partial charge in [0.2, 0.25) is 5.91 Å². The van der Waals surface area contributed by atoms with E-state index in [1.807, 2.05) is 43.3 Å². The highest BCUT2D eigenvalue weighted by Crippen LogP contribution is 2.21. The predicted molar refractivity (Wildman–Crippen MR) is 118 cm³/mol. The van der Waals surface area contributed by atoms with Crippen molar-refractivity contribution < 1.29 is 9.53 Å². The van der Waals surface area contributed by atoms with Crippen LogP contribution < -0.4 is 10.1 Å². The van der Waals surface area contributed by atoms with Crippen molar-refractivity contribution in [1.29, 1.82) is 0 Å². The van der Waals surface area contributed by atoms with Crippen molar-refractivity contribution in [2.45, 2.75) is 39.2 Å². The largest absolute Gasteiger partial charge is 0.494 e. The van der Waals surface area contributed by atoms with Crippen LogP contribution in [0.4, 0.5) is 0 Å². The third-order valence-corrected chi connectivity index (χ3v) is 5.68. The van der Waals surface area contributed by atoms with E-state index in [1.165, 1.54) is 11.1 Å². The highest BCUT2D eigenvalue weighted by atomic mass is 35.5. The van der Waals surface area contributed by atoms with Crippen LogP contribution in [0.1, 0.15) is 37.3 Å². The first-order chi connectivity index (χ1) is 14.2. The highest BCUT2D eigenvalue weighted by Gasteiger charge is 2.24. The molecule has 2 aromatic rings. The van der Waals surface area contributed by atoms with Crippen molar-refractivity contribution in [3.63, 3.8) is 0 Å². The van der Waals surface area contributed by atoms with Crippen LogP contribution in [0.15, 0.2) is 48.5 Å². The molecule has 1 aliphatic heterocycles. The number of hydrogen-bond acceptors (Lipinski definition) is 3. The summed E-state index contributed by atoms with van der Waals surface area (Å²) in [4.78, 5) is 14.9. The Balaban J connectivity index is 1.36. The van der Waals surface area contributed by atoms with Crippen LogP contribution in [0.5, 0.6) is 5.75 Å². The van der Waals surface area contributed by atoms with Crippen LogP contribution in [0.2, 0.25) is 5.02 Å². The zero-order valence-corrected chi connectivity index (χ0v) is 18.0. The molecule has 1 saturated heterocycles. The Morgan fingerprint density at radius 3 is 2.72 bits per heavy atom. The van der Waals surface area contributed by atoms with Crippen molar-refractivity contribution in [2.24, 2.45) is 5.92 Å². The fraction of sp³-hybridized carbons (Fsp3) is 0.458. The molecule has 1 amide bonds. The molecule has 0 aromatic heterocycles. The van der Waals surface area contributed by atoms with Crippen LogP contribution in [-0.2, 0) is 17.8 Å². The van der Waals surface area contributed by atoms with Crippen molar-refractivity contribution in [3.8, 4) is 5.75 Å². The smallest absolute Gasteiger partial charge is 0.223 e. The van der Waals surface area contributed by atoms with E-state index in [4.69, 9.17) is 16.3 Å². The van der Waals surface area contributed by atoms with Crippen LogP contribution in [0.3, 0.4) is 0 Å². The maximum absolute atomic E-state index is 12.5. The van der Waals surface area contributed by atoms with Gasteiger partial charge in [-0.1, -0.05) is 41.9 Å².